The van der Waals surface area contributed by atoms with E-state index in [9.17, 15) is 0 Å². The second-order valence-corrected chi connectivity index (χ2v) is 2.09. The van der Waals surface area contributed by atoms with Gasteiger partial charge in [0.25, 0.3) is 0 Å². The SMILES string of the molecule is Cl.N[C@@H]1COCC[C@@H]1O. The molecule has 4 heteroatoms. The Morgan fingerprint density at radius 2 is 2.22 bits per heavy atom. The molecule has 0 saturated carbocycles. The van der Waals surface area contributed by atoms with Crippen molar-refractivity contribution in [3.8, 4) is 0 Å². The van der Waals surface area contributed by atoms with Crippen LogP contribution in [0, 0.1) is 0 Å². The lowest BCUT2D eigenvalue weighted by atomic mass is 10.1. The van der Waals surface area contributed by atoms with Crippen LogP contribution in [-0.4, -0.2) is 30.5 Å². The number of halogens is 1. The van der Waals surface area contributed by atoms with E-state index in [4.69, 9.17) is 15.6 Å². The molecule has 1 fully saturated rings. The van der Waals surface area contributed by atoms with Crippen molar-refractivity contribution >= 4 is 12.4 Å². The van der Waals surface area contributed by atoms with Gasteiger partial charge >= 0.3 is 0 Å². The van der Waals surface area contributed by atoms with E-state index in [0.29, 0.717) is 19.6 Å². The zero-order valence-electron chi connectivity index (χ0n) is 5.12. The first-order valence-electron chi connectivity index (χ1n) is 2.82. The third-order valence-electron chi connectivity index (χ3n) is 1.36. The molecule has 0 bridgehead atoms. The van der Waals surface area contributed by atoms with E-state index >= 15 is 0 Å². The first kappa shape index (κ1) is 9.17. The smallest absolute Gasteiger partial charge is 0.0735 e. The summed E-state index contributed by atoms with van der Waals surface area (Å²) >= 11 is 0. The van der Waals surface area contributed by atoms with Crippen LogP contribution in [0.1, 0.15) is 6.42 Å². The summed E-state index contributed by atoms with van der Waals surface area (Å²) in [6.45, 7) is 1.15. The van der Waals surface area contributed by atoms with E-state index in [2.05, 4.69) is 0 Å². The van der Waals surface area contributed by atoms with Gasteiger partial charge in [-0.15, -0.1) is 12.4 Å². The highest BCUT2D eigenvalue weighted by Gasteiger charge is 2.18. The molecule has 0 aromatic heterocycles. The van der Waals surface area contributed by atoms with Gasteiger partial charge in [-0.3, -0.25) is 0 Å². The van der Waals surface area contributed by atoms with Gasteiger partial charge in [-0.25, -0.2) is 0 Å². The van der Waals surface area contributed by atoms with Crippen molar-refractivity contribution in [3.63, 3.8) is 0 Å². The fraction of sp³-hybridized carbons (Fsp3) is 1.00. The van der Waals surface area contributed by atoms with Crippen molar-refractivity contribution < 1.29 is 9.84 Å². The van der Waals surface area contributed by atoms with Crippen LogP contribution < -0.4 is 5.73 Å². The Balaban J connectivity index is 0.000000640. The highest BCUT2D eigenvalue weighted by Crippen LogP contribution is 2.03. The van der Waals surface area contributed by atoms with Crippen molar-refractivity contribution in [1.29, 1.82) is 0 Å². The number of aliphatic hydroxyl groups is 1. The average Bonchev–Trinajstić information content (AvgIpc) is 1.77. The summed E-state index contributed by atoms with van der Waals surface area (Å²) in [5, 5.41) is 8.97. The molecule has 1 heterocycles. The van der Waals surface area contributed by atoms with E-state index in [-0.39, 0.29) is 24.6 Å². The summed E-state index contributed by atoms with van der Waals surface area (Å²) in [4.78, 5) is 0. The van der Waals surface area contributed by atoms with Crippen LogP contribution in [0.3, 0.4) is 0 Å². The monoisotopic (exact) mass is 153 g/mol. The summed E-state index contributed by atoms with van der Waals surface area (Å²) in [5.41, 5.74) is 5.40. The Kier molecular flexibility index (Phi) is 4.14. The number of ether oxygens (including phenoxy) is 1. The predicted molar refractivity (Wildman–Crippen MR) is 36.7 cm³/mol. The largest absolute Gasteiger partial charge is 0.391 e. The van der Waals surface area contributed by atoms with Crippen molar-refractivity contribution in [2.24, 2.45) is 5.73 Å². The Morgan fingerprint density at radius 1 is 1.56 bits per heavy atom. The quantitative estimate of drug-likeness (QED) is 0.494. The lowest BCUT2D eigenvalue weighted by Gasteiger charge is -2.23. The van der Waals surface area contributed by atoms with Gasteiger partial charge in [0.1, 0.15) is 0 Å². The molecule has 2 atom stereocenters. The molecule has 1 saturated heterocycles. The lowest BCUT2D eigenvalue weighted by molar-refractivity contribution is -0.00319. The number of nitrogens with two attached hydrogens (primary N) is 1. The zero-order valence-corrected chi connectivity index (χ0v) is 5.93. The Hall–Kier alpha value is 0.170. The molecule has 0 aliphatic carbocycles. The van der Waals surface area contributed by atoms with E-state index in [1.807, 2.05) is 0 Å². The Labute approximate surface area is 60.6 Å². The van der Waals surface area contributed by atoms with Crippen LogP contribution in [0.2, 0.25) is 0 Å². The van der Waals surface area contributed by atoms with Gasteiger partial charge < -0.3 is 15.6 Å². The fourth-order valence-corrected chi connectivity index (χ4v) is 0.749. The summed E-state index contributed by atoms with van der Waals surface area (Å²) in [6, 6.07) is -0.163. The van der Waals surface area contributed by atoms with Gasteiger partial charge in [0, 0.05) is 6.61 Å². The molecule has 0 aromatic carbocycles. The van der Waals surface area contributed by atoms with Crippen LogP contribution in [-0.2, 0) is 4.74 Å². The van der Waals surface area contributed by atoms with Crippen molar-refractivity contribution in [2.45, 2.75) is 18.6 Å². The summed E-state index contributed by atoms with van der Waals surface area (Å²) in [5.74, 6) is 0. The zero-order chi connectivity index (χ0) is 5.98. The lowest BCUT2D eigenvalue weighted by Crippen LogP contribution is -2.43. The molecule has 1 aliphatic heterocycles. The minimum atomic E-state index is -0.344. The van der Waals surface area contributed by atoms with Gasteiger partial charge in [0.2, 0.25) is 0 Å². The minimum absolute atomic E-state index is 0. The molecule has 0 amide bonds. The number of hydrogen-bond acceptors (Lipinski definition) is 3. The highest BCUT2D eigenvalue weighted by atomic mass is 35.5. The maximum atomic E-state index is 8.97. The van der Waals surface area contributed by atoms with Crippen molar-refractivity contribution in [1.82, 2.24) is 0 Å². The van der Waals surface area contributed by atoms with Crippen LogP contribution in [0.15, 0.2) is 0 Å². The third kappa shape index (κ3) is 2.49. The van der Waals surface area contributed by atoms with E-state index in [0.717, 1.165) is 0 Å². The number of hydrogen-bond donors (Lipinski definition) is 2. The minimum Gasteiger partial charge on any atom is -0.391 e. The van der Waals surface area contributed by atoms with Crippen LogP contribution in [0.25, 0.3) is 0 Å². The van der Waals surface area contributed by atoms with Crippen LogP contribution in [0.4, 0.5) is 0 Å². The van der Waals surface area contributed by atoms with Crippen molar-refractivity contribution in [2.75, 3.05) is 13.2 Å². The average molecular weight is 154 g/mol. The first-order chi connectivity index (χ1) is 3.80. The van der Waals surface area contributed by atoms with Gasteiger partial charge in [-0.2, -0.15) is 0 Å². The third-order valence-corrected chi connectivity index (χ3v) is 1.36. The maximum absolute atomic E-state index is 8.97. The van der Waals surface area contributed by atoms with Crippen LogP contribution >= 0.6 is 12.4 Å². The van der Waals surface area contributed by atoms with Gasteiger partial charge in [-0.1, -0.05) is 0 Å². The molecule has 0 spiro atoms. The van der Waals surface area contributed by atoms with Gasteiger partial charge in [0.05, 0.1) is 18.8 Å². The predicted octanol–water partition coefficient (Wildman–Crippen LogP) is -0.483. The highest BCUT2D eigenvalue weighted by molar-refractivity contribution is 5.85. The second-order valence-electron chi connectivity index (χ2n) is 2.09. The van der Waals surface area contributed by atoms with E-state index in [1.54, 1.807) is 0 Å². The maximum Gasteiger partial charge on any atom is 0.0735 e. The Morgan fingerprint density at radius 3 is 2.56 bits per heavy atom. The van der Waals surface area contributed by atoms with Crippen LogP contribution in [0.5, 0.6) is 0 Å². The van der Waals surface area contributed by atoms with Gasteiger partial charge in [-0.05, 0) is 6.42 Å². The molecule has 3 N–H and O–H groups in total. The molecule has 0 unspecified atom stereocenters. The molecule has 1 rings (SSSR count). The standard InChI is InChI=1S/C5H11NO2.ClH/c6-4-3-8-2-1-5(4)7;/h4-5,7H,1-3,6H2;1H/t4-,5+;/m1./s1. The molecule has 0 radical (unpaired) electrons. The first-order valence-corrected chi connectivity index (χ1v) is 2.82. The summed E-state index contributed by atoms with van der Waals surface area (Å²) in [6.07, 6.45) is 0.338. The number of rotatable bonds is 0. The molecule has 9 heavy (non-hydrogen) atoms. The van der Waals surface area contributed by atoms with E-state index < -0.39 is 0 Å². The fourth-order valence-electron chi connectivity index (χ4n) is 0.749. The summed E-state index contributed by atoms with van der Waals surface area (Å²) in [7, 11) is 0. The summed E-state index contributed by atoms with van der Waals surface area (Å²) < 4.78 is 4.97. The molecule has 56 valence electrons. The molecular formula is C5H12ClNO2. The normalized spacial score (nSPS) is 35.3. The molecule has 0 aromatic rings. The van der Waals surface area contributed by atoms with Crippen molar-refractivity contribution in [3.05, 3.63) is 0 Å². The molecule has 3 nitrogen and oxygen atoms in total. The topological polar surface area (TPSA) is 55.5 Å². The van der Waals surface area contributed by atoms with Gasteiger partial charge in [0.15, 0.2) is 0 Å². The second kappa shape index (κ2) is 4.06. The number of aliphatic hydroxyl groups excluding tert-OH is 1. The van der Waals surface area contributed by atoms with E-state index in [1.165, 1.54) is 0 Å². The molecular weight excluding hydrogens is 142 g/mol. The Bertz CT molecular complexity index is 71.4. The molecule has 1 aliphatic rings.